The molecule has 0 bridgehead atoms. The van der Waals surface area contributed by atoms with Gasteiger partial charge >= 0.3 is 0 Å². The predicted octanol–water partition coefficient (Wildman–Crippen LogP) is 2.74. The molecule has 0 spiro atoms. The van der Waals surface area contributed by atoms with E-state index < -0.39 is 10.0 Å². The van der Waals surface area contributed by atoms with Crippen molar-refractivity contribution in [1.82, 2.24) is 15.3 Å². The lowest BCUT2D eigenvalue weighted by Gasteiger charge is -2.38. The molecule has 172 valence electrons. The lowest BCUT2D eigenvalue weighted by atomic mass is 10.0. The van der Waals surface area contributed by atoms with Crippen LogP contribution in [0.4, 0.5) is 11.4 Å². The van der Waals surface area contributed by atoms with E-state index in [1.807, 2.05) is 18.2 Å². The molecule has 2 N–H and O–H groups in total. The van der Waals surface area contributed by atoms with Crippen molar-refractivity contribution in [2.75, 3.05) is 36.1 Å². The molecule has 10 heteroatoms. The summed E-state index contributed by atoms with van der Waals surface area (Å²) in [5, 5.41) is 14.2. The van der Waals surface area contributed by atoms with Gasteiger partial charge in [-0.1, -0.05) is 6.07 Å². The van der Waals surface area contributed by atoms with E-state index in [1.165, 1.54) is 7.11 Å². The Morgan fingerprint density at radius 1 is 1.15 bits per heavy atom. The maximum absolute atomic E-state index is 11.8. The molecule has 2 atom stereocenters. The van der Waals surface area contributed by atoms with Crippen LogP contribution in [0.1, 0.15) is 19.4 Å². The summed E-state index contributed by atoms with van der Waals surface area (Å²) in [7, 11) is -2.08. The third-order valence-electron chi connectivity index (χ3n) is 5.51. The highest BCUT2D eigenvalue weighted by Gasteiger charge is 2.25. The number of nitriles is 1. The maximum atomic E-state index is 11.8. The average molecular weight is 467 g/mol. The van der Waals surface area contributed by atoms with Crippen molar-refractivity contribution in [3.05, 3.63) is 42.2 Å². The van der Waals surface area contributed by atoms with Crippen LogP contribution >= 0.6 is 0 Å². The van der Waals surface area contributed by atoms with Crippen molar-refractivity contribution >= 4 is 32.3 Å². The standard InChI is InChI=1S/C23H26N6O3S/c1-14-12-29(13-15(2)27-14)22-18(9-24)11-25-20-6-5-16(7-19(20)22)17-8-21(28-33(4,30)31)23(32-3)26-10-17/h5-8,10-11,14-15,27-28H,12-13H2,1-4H3. The van der Waals surface area contributed by atoms with Crippen LogP contribution in [0.25, 0.3) is 22.0 Å². The minimum atomic E-state index is -3.51. The van der Waals surface area contributed by atoms with Gasteiger partial charge < -0.3 is 15.0 Å². The highest BCUT2D eigenvalue weighted by atomic mass is 32.2. The van der Waals surface area contributed by atoms with Crippen LogP contribution in [0.3, 0.4) is 0 Å². The van der Waals surface area contributed by atoms with Crippen molar-refractivity contribution in [3.8, 4) is 23.1 Å². The number of rotatable bonds is 5. The molecule has 2 unspecified atom stereocenters. The van der Waals surface area contributed by atoms with Crippen molar-refractivity contribution in [1.29, 1.82) is 5.26 Å². The third kappa shape index (κ3) is 4.84. The number of hydrogen-bond donors (Lipinski definition) is 2. The molecule has 0 radical (unpaired) electrons. The van der Waals surface area contributed by atoms with Crippen LogP contribution in [0.15, 0.2) is 36.7 Å². The summed E-state index contributed by atoms with van der Waals surface area (Å²) in [6.07, 6.45) is 4.33. The highest BCUT2D eigenvalue weighted by molar-refractivity contribution is 7.92. The molecule has 4 rings (SSSR count). The van der Waals surface area contributed by atoms with E-state index in [1.54, 1.807) is 18.5 Å². The van der Waals surface area contributed by atoms with E-state index in [4.69, 9.17) is 4.74 Å². The fourth-order valence-electron chi connectivity index (χ4n) is 4.34. The van der Waals surface area contributed by atoms with Crippen molar-refractivity contribution in [2.24, 2.45) is 0 Å². The van der Waals surface area contributed by atoms with Crippen LogP contribution in [0, 0.1) is 11.3 Å². The minimum Gasteiger partial charge on any atom is -0.480 e. The monoisotopic (exact) mass is 466 g/mol. The fourth-order valence-corrected chi connectivity index (χ4v) is 4.88. The van der Waals surface area contributed by atoms with E-state index >= 15 is 0 Å². The van der Waals surface area contributed by atoms with Crippen LogP contribution in [0.5, 0.6) is 5.88 Å². The molecule has 9 nitrogen and oxygen atoms in total. The van der Waals surface area contributed by atoms with Crippen molar-refractivity contribution < 1.29 is 13.2 Å². The third-order valence-corrected chi connectivity index (χ3v) is 6.10. The van der Waals surface area contributed by atoms with Gasteiger partial charge in [-0.15, -0.1) is 0 Å². The van der Waals surface area contributed by atoms with Gasteiger partial charge in [-0.25, -0.2) is 13.4 Å². The number of benzene rings is 1. The number of nitrogens with one attached hydrogen (secondary N) is 2. The lowest BCUT2D eigenvalue weighted by Crippen LogP contribution is -2.54. The summed E-state index contributed by atoms with van der Waals surface area (Å²) in [5.74, 6) is 0.183. The molecule has 0 saturated carbocycles. The molecule has 1 fully saturated rings. The summed E-state index contributed by atoms with van der Waals surface area (Å²) in [6, 6.07) is 10.3. The van der Waals surface area contributed by atoms with Gasteiger partial charge in [0.15, 0.2) is 0 Å². The van der Waals surface area contributed by atoms with Gasteiger partial charge in [-0.2, -0.15) is 5.26 Å². The van der Waals surface area contributed by atoms with E-state index in [2.05, 4.69) is 44.8 Å². The zero-order valence-corrected chi connectivity index (χ0v) is 19.8. The zero-order chi connectivity index (χ0) is 23.8. The SMILES string of the molecule is COc1ncc(-c2ccc3ncc(C#N)c(N4CC(C)NC(C)C4)c3c2)cc1NS(C)(=O)=O. The summed E-state index contributed by atoms with van der Waals surface area (Å²) >= 11 is 0. The molecule has 2 aromatic heterocycles. The Morgan fingerprint density at radius 2 is 1.88 bits per heavy atom. The lowest BCUT2D eigenvalue weighted by molar-refractivity contribution is 0.400. The van der Waals surface area contributed by atoms with E-state index in [9.17, 15) is 13.7 Å². The first-order valence-electron chi connectivity index (χ1n) is 10.5. The Kier molecular flexibility index (Phi) is 6.10. The van der Waals surface area contributed by atoms with E-state index in [0.717, 1.165) is 41.5 Å². The second-order valence-electron chi connectivity index (χ2n) is 8.39. The fraction of sp³-hybridized carbons (Fsp3) is 0.348. The molecule has 3 aromatic rings. The summed E-state index contributed by atoms with van der Waals surface area (Å²) in [4.78, 5) is 11.0. The Bertz CT molecular complexity index is 1340. The first kappa shape index (κ1) is 22.8. The molecule has 33 heavy (non-hydrogen) atoms. The Labute approximate surface area is 193 Å². The molecule has 1 aliphatic rings. The Morgan fingerprint density at radius 3 is 2.52 bits per heavy atom. The normalized spacial score (nSPS) is 18.7. The molecule has 3 heterocycles. The molecule has 1 aliphatic heterocycles. The van der Waals surface area contributed by atoms with Gasteiger partial charge in [0.05, 0.1) is 30.1 Å². The van der Waals surface area contributed by atoms with Gasteiger partial charge in [0.25, 0.3) is 0 Å². The maximum Gasteiger partial charge on any atom is 0.238 e. The summed E-state index contributed by atoms with van der Waals surface area (Å²) in [6.45, 7) is 5.80. The number of hydrogen-bond acceptors (Lipinski definition) is 8. The molecule has 1 aromatic carbocycles. The summed E-state index contributed by atoms with van der Waals surface area (Å²) in [5.41, 5.74) is 3.95. The van der Waals surface area contributed by atoms with Gasteiger partial charge in [0, 0.05) is 48.5 Å². The number of piperazine rings is 1. The Balaban J connectivity index is 1.86. The van der Waals surface area contributed by atoms with Crippen molar-refractivity contribution in [2.45, 2.75) is 25.9 Å². The zero-order valence-electron chi connectivity index (χ0n) is 19.0. The second kappa shape index (κ2) is 8.84. The number of anilines is 2. The van der Waals surface area contributed by atoms with Gasteiger partial charge in [-0.05, 0) is 37.6 Å². The number of aromatic nitrogens is 2. The van der Waals surface area contributed by atoms with E-state index in [0.29, 0.717) is 11.1 Å². The number of nitrogens with zero attached hydrogens (tertiary/aromatic N) is 4. The molecular formula is C23H26N6O3S. The first-order chi connectivity index (χ1) is 15.7. The van der Waals surface area contributed by atoms with Gasteiger partial charge in [-0.3, -0.25) is 9.71 Å². The van der Waals surface area contributed by atoms with Crippen LogP contribution < -0.4 is 19.7 Å². The van der Waals surface area contributed by atoms with Crippen molar-refractivity contribution in [3.63, 3.8) is 0 Å². The van der Waals surface area contributed by atoms with Crippen LogP contribution in [-0.2, 0) is 10.0 Å². The number of ether oxygens (including phenoxy) is 1. The topological polar surface area (TPSA) is 120 Å². The molecule has 0 aliphatic carbocycles. The molecular weight excluding hydrogens is 440 g/mol. The first-order valence-corrected chi connectivity index (χ1v) is 12.4. The average Bonchev–Trinajstić information content (AvgIpc) is 2.76. The van der Waals surface area contributed by atoms with Gasteiger partial charge in [0.2, 0.25) is 15.9 Å². The number of sulfonamides is 1. The number of pyridine rings is 2. The van der Waals surface area contributed by atoms with Gasteiger partial charge in [0.1, 0.15) is 11.8 Å². The van der Waals surface area contributed by atoms with Crippen LogP contribution in [-0.4, -0.2) is 56.9 Å². The largest absolute Gasteiger partial charge is 0.480 e. The second-order valence-corrected chi connectivity index (χ2v) is 10.1. The predicted molar refractivity (Wildman–Crippen MR) is 129 cm³/mol. The van der Waals surface area contributed by atoms with Crippen LogP contribution in [0.2, 0.25) is 0 Å². The minimum absolute atomic E-state index is 0.183. The summed E-state index contributed by atoms with van der Waals surface area (Å²) < 4.78 is 31.2. The molecule has 1 saturated heterocycles. The van der Waals surface area contributed by atoms with E-state index in [-0.39, 0.29) is 23.7 Å². The quantitative estimate of drug-likeness (QED) is 0.589. The molecule has 0 amide bonds. The smallest absolute Gasteiger partial charge is 0.238 e. The number of fused-ring (bicyclic) bond motifs is 1. The number of methoxy groups -OCH3 is 1. The highest BCUT2D eigenvalue weighted by Crippen LogP contribution is 2.35. The Hall–Kier alpha value is -3.42.